The van der Waals surface area contributed by atoms with Crippen molar-refractivity contribution in [2.75, 3.05) is 0 Å². The van der Waals surface area contributed by atoms with Gasteiger partial charge in [0.2, 0.25) is 10.0 Å². The van der Waals surface area contributed by atoms with Gasteiger partial charge < -0.3 is 0 Å². The maximum Gasteiger partial charge on any atom is 0.242 e. The third-order valence-corrected chi connectivity index (χ3v) is 7.60. The van der Waals surface area contributed by atoms with E-state index in [1.54, 1.807) is 12.1 Å². The lowest BCUT2D eigenvalue weighted by atomic mass is 9.74. The summed E-state index contributed by atoms with van der Waals surface area (Å²) in [5.74, 6) is -0.189. The standard InChI is InChI=1S/C23H18ClNO2S/c1-2-17-18-7-3-4-8-19(18)23(22(17)15-11-13-16(24)14-12-15)20-9-5-6-10-21(20)28(26,27)25-23/h2-14,22,25H,1H3/b17-2-/t22-,23+/m0/s1. The molecule has 140 valence electrons. The summed E-state index contributed by atoms with van der Waals surface area (Å²) in [6.07, 6.45) is 2.09. The average molecular weight is 408 g/mol. The summed E-state index contributed by atoms with van der Waals surface area (Å²) in [6, 6.07) is 23.0. The fraction of sp³-hybridized carbons (Fsp3) is 0.130. The fourth-order valence-corrected chi connectivity index (χ4v) is 6.57. The van der Waals surface area contributed by atoms with E-state index in [0.29, 0.717) is 9.92 Å². The van der Waals surface area contributed by atoms with Gasteiger partial charge >= 0.3 is 0 Å². The Morgan fingerprint density at radius 3 is 2.29 bits per heavy atom. The SMILES string of the molecule is C/C=C1/c2ccccc2[C@]2(NS(=O)(=O)c3ccccc32)[C@H]1c1ccc(Cl)cc1. The van der Waals surface area contributed by atoms with Gasteiger partial charge in [0.15, 0.2) is 0 Å². The highest BCUT2D eigenvalue weighted by Crippen LogP contribution is 2.60. The number of allylic oxidation sites excluding steroid dienone is 1. The van der Waals surface area contributed by atoms with Gasteiger partial charge in [-0.3, -0.25) is 0 Å². The zero-order chi connectivity index (χ0) is 19.5. The molecule has 1 heterocycles. The second kappa shape index (κ2) is 6.05. The minimum Gasteiger partial charge on any atom is -0.207 e. The van der Waals surface area contributed by atoms with Gasteiger partial charge in [0.1, 0.15) is 0 Å². The first-order valence-corrected chi connectivity index (χ1v) is 11.0. The van der Waals surface area contributed by atoms with Crippen molar-refractivity contribution in [3.63, 3.8) is 0 Å². The first-order chi connectivity index (χ1) is 13.5. The summed E-state index contributed by atoms with van der Waals surface area (Å²) in [4.78, 5) is 0.348. The number of fused-ring (bicyclic) bond motifs is 4. The van der Waals surface area contributed by atoms with E-state index >= 15 is 0 Å². The van der Waals surface area contributed by atoms with Gasteiger partial charge in [-0.1, -0.05) is 72.3 Å². The molecule has 0 amide bonds. The van der Waals surface area contributed by atoms with Crippen molar-refractivity contribution in [2.45, 2.75) is 23.3 Å². The summed E-state index contributed by atoms with van der Waals surface area (Å²) in [5, 5.41) is 0.655. The molecule has 5 rings (SSSR count). The molecule has 0 radical (unpaired) electrons. The zero-order valence-electron chi connectivity index (χ0n) is 15.2. The molecule has 0 saturated heterocycles. The van der Waals surface area contributed by atoms with E-state index in [-0.39, 0.29) is 5.92 Å². The molecule has 2 atom stereocenters. The number of rotatable bonds is 1. The van der Waals surface area contributed by atoms with Crippen LogP contribution < -0.4 is 4.72 Å². The molecule has 0 aromatic heterocycles. The molecular weight excluding hydrogens is 390 g/mol. The number of hydrogen-bond acceptors (Lipinski definition) is 2. The van der Waals surface area contributed by atoms with Gasteiger partial charge in [-0.25, -0.2) is 8.42 Å². The van der Waals surface area contributed by atoms with Crippen LogP contribution in [0.2, 0.25) is 5.02 Å². The molecule has 0 unspecified atom stereocenters. The predicted octanol–water partition coefficient (Wildman–Crippen LogP) is 5.08. The number of hydrogen-bond donors (Lipinski definition) is 1. The van der Waals surface area contributed by atoms with E-state index in [1.807, 2.05) is 61.5 Å². The second-order valence-corrected chi connectivity index (χ2v) is 9.27. The monoisotopic (exact) mass is 407 g/mol. The van der Waals surface area contributed by atoms with Crippen LogP contribution in [0.5, 0.6) is 0 Å². The largest absolute Gasteiger partial charge is 0.242 e. The van der Waals surface area contributed by atoms with Gasteiger partial charge in [-0.15, -0.1) is 0 Å². The maximum absolute atomic E-state index is 13.1. The predicted molar refractivity (Wildman–Crippen MR) is 112 cm³/mol. The average Bonchev–Trinajstić information content (AvgIpc) is 3.12. The van der Waals surface area contributed by atoms with Crippen LogP contribution in [0.15, 0.2) is 83.8 Å². The van der Waals surface area contributed by atoms with Gasteiger partial charge in [-0.05, 0) is 52.9 Å². The Hall–Kier alpha value is -2.40. The van der Waals surface area contributed by atoms with Gasteiger partial charge in [-0.2, -0.15) is 4.72 Å². The van der Waals surface area contributed by atoms with E-state index < -0.39 is 15.6 Å². The Labute approximate surface area is 169 Å². The maximum atomic E-state index is 13.1. The van der Waals surface area contributed by atoms with Crippen LogP contribution in [0.3, 0.4) is 0 Å². The summed E-state index contributed by atoms with van der Waals surface area (Å²) in [6.45, 7) is 2.00. The molecule has 2 aliphatic rings. The summed E-state index contributed by atoms with van der Waals surface area (Å²) >= 11 is 6.13. The summed E-state index contributed by atoms with van der Waals surface area (Å²) in [7, 11) is -3.62. The van der Waals surface area contributed by atoms with Crippen molar-refractivity contribution in [1.82, 2.24) is 4.72 Å². The molecule has 0 fully saturated rings. The molecule has 3 aromatic carbocycles. The molecule has 0 bridgehead atoms. The topological polar surface area (TPSA) is 46.2 Å². The lowest BCUT2D eigenvalue weighted by Gasteiger charge is -2.33. The van der Waals surface area contributed by atoms with Crippen molar-refractivity contribution in [3.8, 4) is 0 Å². The molecule has 3 nitrogen and oxygen atoms in total. The Kier molecular flexibility index (Phi) is 3.82. The molecule has 3 aromatic rings. The third kappa shape index (κ3) is 2.23. The lowest BCUT2D eigenvalue weighted by Crippen LogP contribution is -2.43. The molecule has 1 spiro atoms. The van der Waals surface area contributed by atoms with Gasteiger partial charge in [0.05, 0.1) is 10.4 Å². The number of benzene rings is 3. The lowest BCUT2D eigenvalue weighted by molar-refractivity contribution is 0.465. The summed E-state index contributed by atoms with van der Waals surface area (Å²) < 4.78 is 29.2. The normalized spacial score (nSPS) is 25.8. The van der Waals surface area contributed by atoms with E-state index in [0.717, 1.165) is 27.8 Å². The van der Waals surface area contributed by atoms with Crippen LogP contribution in [0.1, 0.15) is 35.1 Å². The van der Waals surface area contributed by atoms with E-state index in [1.165, 1.54) is 0 Å². The van der Waals surface area contributed by atoms with Crippen molar-refractivity contribution >= 4 is 27.2 Å². The van der Waals surface area contributed by atoms with E-state index in [2.05, 4.69) is 16.9 Å². The molecule has 0 saturated carbocycles. The Bertz CT molecular complexity index is 1230. The number of nitrogens with one attached hydrogen (secondary N) is 1. The first-order valence-electron chi connectivity index (χ1n) is 9.14. The molecule has 28 heavy (non-hydrogen) atoms. The highest BCUT2D eigenvalue weighted by atomic mass is 35.5. The van der Waals surface area contributed by atoms with Crippen LogP contribution in [0.25, 0.3) is 5.57 Å². The molecular formula is C23H18ClNO2S. The number of sulfonamides is 1. The zero-order valence-corrected chi connectivity index (χ0v) is 16.8. The van der Waals surface area contributed by atoms with Crippen molar-refractivity contribution in [2.24, 2.45) is 0 Å². The van der Waals surface area contributed by atoms with Crippen LogP contribution in [-0.2, 0) is 15.6 Å². The Morgan fingerprint density at radius 1 is 0.929 bits per heavy atom. The van der Waals surface area contributed by atoms with E-state index in [4.69, 9.17) is 11.6 Å². The van der Waals surface area contributed by atoms with E-state index in [9.17, 15) is 8.42 Å². The highest BCUT2D eigenvalue weighted by Gasteiger charge is 2.58. The summed E-state index contributed by atoms with van der Waals surface area (Å²) in [5.41, 5.74) is 4.10. The Balaban J connectivity index is 1.90. The second-order valence-electron chi connectivity index (χ2n) is 7.18. The minimum atomic E-state index is -3.62. The Morgan fingerprint density at radius 2 is 1.57 bits per heavy atom. The fourth-order valence-electron chi connectivity index (χ4n) is 4.79. The number of halogens is 1. The highest BCUT2D eigenvalue weighted by molar-refractivity contribution is 7.90. The first kappa shape index (κ1) is 17.7. The van der Waals surface area contributed by atoms with Crippen LogP contribution >= 0.6 is 11.6 Å². The molecule has 1 N–H and O–H groups in total. The third-order valence-electron chi connectivity index (χ3n) is 5.82. The van der Waals surface area contributed by atoms with Crippen LogP contribution in [-0.4, -0.2) is 8.42 Å². The van der Waals surface area contributed by atoms with Crippen molar-refractivity contribution < 1.29 is 8.42 Å². The van der Waals surface area contributed by atoms with Crippen molar-refractivity contribution in [3.05, 3.63) is 106 Å². The van der Waals surface area contributed by atoms with Gasteiger partial charge in [0.25, 0.3) is 0 Å². The minimum absolute atomic E-state index is 0.189. The molecule has 1 aliphatic heterocycles. The van der Waals surface area contributed by atoms with Crippen LogP contribution in [0, 0.1) is 0 Å². The van der Waals surface area contributed by atoms with Crippen LogP contribution in [0.4, 0.5) is 0 Å². The van der Waals surface area contributed by atoms with Gasteiger partial charge in [0, 0.05) is 10.9 Å². The smallest absolute Gasteiger partial charge is 0.207 e. The quantitative estimate of drug-likeness (QED) is 0.611. The molecule has 5 heteroatoms. The van der Waals surface area contributed by atoms with Crippen molar-refractivity contribution in [1.29, 1.82) is 0 Å². The molecule has 1 aliphatic carbocycles.